The summed E-state index contributed by atoms with van der Waals surface area (Å²) in [4.78, 5) is 76.6. The maximum Gasteiger partial charge on any atom is 0.408 e. The molecule has 1 fully saturated rings. The van der Waals surface area contributed by atoms with E-state index in [0.29, 0.717) is 5.56 Å². The van der Waals surface area contributed by atoms with Gasteiger partial charge in [0.1, 0.15) is 18.7 Å². The number of hydrogen-bond donors (Lipinski definition) is 4. The minimum Gasteiger partial charge on any atom is -0.464 e. The van der Waals surface area contributed by atoms with E-state index in [2.05, 4.69) is 16.1 Å². The Hall–Kier alpha value is -4.98. The number of benzene rings is 2. The number of primary amides is 1. The van der Waals surface area contributed by atoms with Gasteiger partial charge in [-0.2, -0.15) is 0 Å². The van der Waals surface area contributed by atoms with Gasteiger partial charge in [0.25, 0.3) is 11.8 Å². The zero-order valence-corrected chi connectivity index (χ0v) is 26.1. The lowest BCUT2D eigenvalue weighted by Crippen LogP contribution is -2.58. The molecule has 1 heterocycles. The van der Waals surface area contributed by atoms with Crippen molar-refractivity contribution in [2.75, 3.05) is 13.2 Å². The third-order valence-corrected chi connectivity index (χ3v) is 6.79. The van der Waals surface area contributed by atoms with Crippen LogP contribution in [0.3, 0.4) is 0 Å². The highest BCUT2D eigenvalue weighted by Gasteiger charge is 2.53. The van der Waals surface area contributed by atoms with Crippen molar-refractivity contribution < 1.29 is 43.0 Å². The maximum atomic E-state index is 13.6. The summed E-state index contributed by atoms with van der Waals surface area (Å²) in [6.07, 6.45) is -3.22. The molecule has 0 aliphatic carbocycles. The molecular formula is C32H41N5O9. The molecule has 0 bridgehead atoms. The number of hydrazine groups is 1. The quantitative estimate of drug-likeness (QED) is 0.118. The molecule has 0 aromatic heterocycles. The third kappa shape index (κ3) is 11.5. The average Bonchev–Trinajstić information content (AvgIpc) is 3.83. The van der Waals surface area contributed by atoms with Gasteiger partial charge in [-0.1, -0.05) is 74.5 Å². The molecule has 14 heteroatoms. The van der Waals surface area contributed by atoms with Gasteiger partial charge in [-0.25, -0.2) is 9.59 Å². The van der Waals surface area contributed by atoms with Crippen LogP contribution in [0.2, 0.25) is 0 Å². The van der Waals surface area contributed by atoms with Crippen LogP contribution < -0.4 is 21.8 Å². The van der Waals surface area contributed by atoms with Gasteiger partial charge in [0.2, 0.25) is 11.8 Å². The second kappa shape index (κ2) is 17.5. The first-order valence-electron chi connectivity index (χ1n) is 15.0. The topological polar surface area (TPSA) is 199 Å². The van der Waals surface area contributed by atoms with Crippen LogP contribution in [-0.2, 0) is 51.2 Å². The van der Waals surface area contributed by atoms with Crippen molar-refractivity contribution in [2.45, 2.75) is 70.9 Å². The minimum atomic E-state index is -1.23. The van der Waals surface area contributed by atoms with Gasteiger partial charge >= 0.3 is 12.1 Å². The number of ether oxygens (including phenoxy) is 3. The number of alkyl carbamates (subject to hydrolysis) is 1. The van der Waals surface area contributed by atoms with E-state index in [9.17, 15) is 28.8 Å². The van der Waals surface area contributed by atoms with E-state index in [-0.39, 0.29) is 44.9 Å². The van der Waals surface area contributed by atoms with Gasteiger partial charge in [0.15, 0.2) is 12.2 Å². The Bertz CT molecular complexity index is 1360. The van der Waals surface area contributed by atoms with Crippen molar-refractivity contribution in [3.63, 3.8) is 0 Å². The van der Waals surface area contributed by atoms with E-state index in [0.717, 1.165) is 10.6 Å². The number of amides is 5. The van der Waals surface area contributed by atoms with Gasteiger partial charge in [0, 0.05) is 12.8 Å². The van der Waals surface area contributed by atoms with E-state index in [4.69, 9.17) is 19.9 Å². The fourth-order valence-corrected chi connectivity index (χ4v) is 4.45. The van der Waals surface area contributed by atoms with Gasteiger partial charge < -0.3 is 30.6 Å². The lowest BCUT2D eigenvalue weighted by molar-refractivity contribution is -0.146. The monoisotopic (exact) mass is 639 g/mol. The van der Waals surface area contributed by atoms with E-state index < -0.39 is 60.0 Å². The number of nitrogens with zero attached hydrogens (tertiary/aromatic N) is 1. The Morgan fingerprint density at radius 3 is 2.07 bits per heavy atom. The van der Waals surface area contributed by atoms with Crippen LogP contribution in [0, 0.1) is 5.92 Å². The third-order valence-electron chi connectivity index (χ3n) is 6.79. The number of nitrogens with two attached hydrogens (primary N) is 1. The molecule has 5 amide bonds. The second-order valence-electron chi connectivity index (χ2n) is 11.1. The van der Waals surface area contributed by atoms with Gasteiger partial charge in [-0.3, -0.25) is 29.6 Å². The Kier molecular flexibility index (Phi) is 13.5. The highest BCUT2D eigenvalue weighted by atomic mass is 16.6. The Morgan fingerprint density at radius 2 is 1.48 bits per heavy atom. The number of esters is 1. The SMILES string of the molecule is CCOC(=O)C1OC1C(=O)N(CCC(N)=O)NC(=O)[C@H](Cc1ccccc1)NC(=O)C(CC(C)C)NC(=O)OCc1ccccc1. The first-order valence-corrected chi connectivity index (χ1v) is 15.0. The molecule has 1 aliphatic heterocycles. The predicted octanol–water partition coefficient (Wildman–Crippen LogP) is 1.12. The van der Waals surface area contributed by atoms with Gasteiger partial charge in [-0.15, -0.1) is 0 Å². The van der Waals surface area contributed by atoms with Crippen LogP contribution in [0.25, 0.3) is 0 Å². The zero-order chi connectivity index (χ0) is 33.6. The van der Waals surface area contributed by atoms with Crippen molar-refractivity contribution in [3.05, 3.63) is 71.8 Å². The summed E-state index contributed by atoms with van der Waals surface area (Å²) in [7, 11) is 0. The molecule has 248 valence electrons. The van der Waals surface area contributed by atoms with Crippen LogP contribution in [0.5, 0.6) is 0 Å². The number of hydrogen-bond acceptors (Lipinski definition) is 9. The lowest BCUT2D eigenvalue weighted by atomic mass is 10.0. The van der Waals surface area contributed by atoms with E-state index >= 15 is 0 Å². The molecule has 3 rings (SSSR count). The summed E-state index contributed by atoms with van der Waals surface area (Å²) in [5, 5.41) is 6.12. The molecule has 0 radical (unpaired) electrons. The predicted molar refractivity (Wildman–Crippen MR) is 164 cm³/mol. The molecule has 2 aromatic rings. The second-order valence-corrected chi connectivity index (χ2v) is 11.1. The first-order chi connectivity index (χ1) is 22.0. The summed E-state index contributed by atoms with van der Waals surface area (Å²) in [5.41, 5.74) is 9.19. The average molecular weight is 640 g/mol. The summed E-state index contributed by atoms with van der Waals surface area (Å²) in [5.74, 6) is -3.72. The van der Waals surface area contributed by atoms with E-state index in [1.807, 2.05) is 32.0 Å². The highest BCUT2D eigenvalue weighted by molar-refractivity contribution is 5.95. The molecular weight excluding hydrogens is 598 g/mol. The summed E-state index contributed by atoms with van der Waals surface area (Å²) >= 11 is 0. The molecule has 1 saturated heterocycles. The molecule has 0 spiro atoms. The van der Waals surface area contributed by atoms with Crippen molar-refractivity contribution >= 4 is 35.7 Å². The maximum absolute atomic E-state index is 13.6. The standard InChI is InChI=1S/C32H41N5O9/c1-4-44-31(42)27-26(46-27)30(41)37(16-15-25(33)38)36-29(40)24(18-21-11-7-5-8-12-21)34-28(39)23(17-20(2)3)35-32(43)45-19-22-13-9-6-10-14-22/h5-14,20,23-24,26-27H,4,15-19H2,1-3H3,(H2,33,38)(H,34,39)(H,35,43)(H,36,40)/t23?,24-,26?,27?/m0/s1. The summed E-state index contributed by atoms with van der Waals surface area (Å²) in [6.45, 7) is 5.12. The largest absolute Gasteiger partial charge is 0.464 e. The minimum absolute atomic E-state index is 0.00136. The van der Waals surface area contributed by atoms with Crippen LogP contribution in [0.1, 0.15) is 44.7 Å². The Morgan fingerprint density at radius 1 is 0.848 bits per heavy atom. The fraction of sp³-hybridized carbons (Fsp3) is 0.438. The number of carbonyl (C=O) groups is 6. The molecule has 4 atom stereocenters. The Balaban J connectivity index is 1.76. The smallest absolute Gasteiger partial charge is 0.408 e. The Labute approximate surface area is 267 Å². The number of epoxide rings is 1. The molecule has 14 nitrogen and oxygen atoms in total. The van der Waals surface area contributed by atoms with Crippen molar-refractivity contribution in [1.29, 1.82) is 0 Å². The van der Waals surface area contributed by atoms with E-state index in [1.54, 1.807) is 49.4 Å². The van der Waals surface area contributed by atoms with Crippen molar-refractivity contribution in [2.24, 2.45) is 11.7 Å². The zero-order valence-electron chi connectivity index (χ0n) is 26.1. The first kappa shape index (κ1) is 35.5. The normalized spacial score (nSPS) is 16.3. The summed E-state index contributed by atoms with van der Waals surface area (Å²) in [6, 6.07) is 15.6. The highest BCUT2D eigenvalue weighted by Crippen LogP contribution is 2.25. The molecule has 46 heavy (non-hydrogen) atoms. The number of carbonyl (C=O) groups excluding carboxylic acids is 6. The van der Waals surface area contributed by atoms with Gasteiger partial charge in [-0.05, 0) is 30.4 Å². The van der Waals surface area contributed by atoms with Crippen LogP contribution >= 0.6 is 0 Å². The van der Waals surface area contributed by atoms with Gasteiger partial charge in [0.05, 0.1) is 13.2 Å². The van der Waals surface area contributed by atoms with Crippen LogP contribution in [0.4, 0.5) is 4.79 Å². The molecule has 2 aromatic carbocycles. The summed E-state index contributed by atoms with van der Waals surface area (Å²) < 4.78 is 15.4. The van der Waals surface area contributed by atoms with E-state index in [1.165, 1.54) is 0 Å². The van der Waals surface area contributed by atoms with Crippen LogP contribution in [-0.4, -0.2) is 78.1 Å². The molecule has 3 unspecified atom stereocenters. The number of nitrogens with one attached hydrogen (secondary N) is 3. The molecule has 5 N–H and O–H groups in total. The molecule has 0 saturated carbocycles. The van der Waals surface area contributed by atoms with Crippen LogP contribution in [0.15, 0.2) is 60.7 Å². The molecule has 1 aliphatic rings. The van der Waals surface area contributed by atoms with Crippen molar-refractivity contribution in [3.8, 4) is 0 Å². The fourth-order valence-electron chi connectivity index (χ4n) is 4.45. The van der Waals surface area contributed by atoms with Crippen molar-refractivity contribution in [1.82, 2.24) is 21.1 Å². The number of rotatable bonds is 16. The lowest BCUT2D eigenvalue weighted by Gasteiger charge is -2.27.